The van der Waals surface area contributed by atoms with Crippen LogP contribution in [0.3, 0.4) is 0 Å². The number of carbonyl (C=O) groups is 1. The summed E-state index contributed by atoms with van der Waals surface area (Å²) in [5.74, 6) is -0.290. The van der Waals surface area contributed by atoms with Gasteiger partial charge in [0, 0.05) is 18.7 Å². The predicted octanol–water partition coefficient (Wildman–Crippen LogP) is 2.01. The lowest BCUT2D eigenvalue weighted by atomic mass is 10.1. The zero-order chi connectivity index (χ0) is 12.8. The third-order valence-corrected chi connectivity index (χ3v) is 2.48. The van der Waals surface area contributed by atoms with E-state index in [9.17, 15) is 9.90 Å². The van der Waals surface area contributed by atoms with E-state index in [-0.39, 0.29) is 17.6 Å². The maximum absolute atomic E-state index is 12.1. The molecular formula is C13H16N2O2. The molecule has 90 valence electrons. The predicted molar refractivity (Wildman–Crippen MR) is 64.5 cm³/mol. The van der Waals surface area contributed by atoms with E-state index in [4.69, 9.17) is 5.26 Å². The van der Waals surface area contributed by atoms with Crippen molar-refractivity contribution in [3.8, 4) is 11.8 Å². The molecule has 1 aromatic rings. The van der Waals surface area contributed by atoms with Crippen molar-refractivity contribution in [1.29, 1.82) is 5.26 Å². The lowest BCUT2D eigenvalue weighted by molar-refractivity contribution is 0.0752. The van der Waals surface area contributed by atoms with Crippen LogP contribution in [0.4, 0.5) is 0 Å². The first-order chi connectivity index (χ1) is 8.08. The fraction of sp³-hybridized carbons (Fsp3) is 0.385. The second-order valence-corrected chi connectivity index (χ2v) is 3.92. The zero-order valence-electron chi connectivity index (χ0n) is 10.1. The average Bonchev–Trinajstić information content (AvgIpc) is 2.34. The number of aromatic hydroxyl groups is 1. The van der Waals surface area contributed by atoms with Crippen molar-refractivity contribution in [2.24, 2.45) is 5.92 Å². The molecule has 0 radical (unpaired) electrons. The van der Waals surface area contributed by atoms with Crippen molar-refractivity contribution >= 4 is 5.91 Å². The number of amides is 1. The van der Waals surface area contributed by atoms with Gasteiger partial charge in [0.05, 0.1) is 12.0 Å². The minimum Gasteiger partial charge on any atom is -0.508 e. The molecule has 0 saturated carbocycles. The quantitative estimate of drug-likeness (QED) is 0.863. The fourth-order valence-electron chi connectivity index (χ4n) is 1.55. The summed E-state index contributed by atoms with van der Waals surface area (Å²) in [6.07, 6.45) is 0. The van der Waals surface area contributed by atoms with Gasteiger partial charge in [0.2, 0.25) is 0 Å². The molecule has 1 rings (SSSR count). The van der Waals surface area contributed by atoms with Gasteiger partial charge in [0.25, 0.3) is 5.91 Å². The minimum atomic E-state index is -0.198. The maximum Gasteiger partial charge on any atom is 0.254 e. The Kier molecular flexibility index (Phi) is 4.53. The largest absolute Gasteiger partial charge is 0.508 e. The van der Waals surface area contributed by atoms with Crippen LogP contribution in [-0.4, -0.2) is 29.0 Å². The molecule has 4 nitrogen and oxygen atoms in total. The van der Waals surface area contributed by atoms with Crippen LogP contribution in [0.15, 0.2) is 24.3 Å². The summed E-state index contributed by atoms with van der Waals surface area (Å²) in [5, 5.41) is 18.1. The van der Waals surface area contributed by atoms with Crippen molar-refractivity contribution in [3.05, 3.63) is 29.8 Å². The number of phenols is 1. The van der Waals surface area contributed by atoms with Gasteiger partial charge in [-0.2, -0.15) is 5.26 Å². The molecule has 1 atom stereocenters. The second-order valence-electron chi connectivity index (χ2n) is 3.92. The van der Waals surface area contributed by atoms with Gasteiger partial charge in [-0.25, -0.2) is 0 Å². The monoisotopic (exact) mass is 232 g/mol. The van der Waals surface area contributed by atoms with E-state index < -0.39 is 0 Å². The van der Waals surface area contributed by atoms with Crippen LogP contribution in [0.5, 0.6) is 5.75 Å². The molecule has 0 heterocycles. The van der Waals surface area contributed by atoms with E-state index in [0.717, 1.165) is 0 Å². The molecule has 1 N–H and O–H groups in total. The van der Waals surface area contributed by atoms with Crippen LogP contribution in [0.2, 0.25) is 0 Å². The van der Waals surface area contributed by atoms with E-state index in [1.807, 2.05) is 6.92 Å². The Balaban J connectivity index is 2.83. The summed E-state index contributed by atoms with van der Waals surface area (Å²) in [6, 6.07) is 8.34. The van der Waals surface area contributed by atoms with Gasteiger partial charge in [-0.3, -0.25) is 4.79 Å². The molecule has 0 saturated heterocycles. The summed E-state index contributed by atoms with van der Waals surface area (Å²) in [5.41, 5.74) is 0.442. The van der Waals surface area contributed by atoms with Gasteiger partial charge in [-0.15, -0.1) is 0 Å². The van der Waals surface area contributed by atoms with Gasteiger partial charge >= 0.3 is 0 Å². The van der Waals surface area contributed by atoms with Crippen LogP contribution in [0, 0.1) is 17.2 Å². The lowest BCUT2D eigenvalue weighted by Gasteiger charge is -2.22. The smallest absolute Gasteiger partial charge is 0.254 e. The molecule has 17 heavy (non-hydrogen) atoms. The van der Waals surface area contributed by atoms with Crippen LogP contribution in [0.25, 0.3) is 0 Å². The molecule has 0 spiro atoms. The Hall–Kier alpha value is -2.02. The highest BCUT2D eigenvalue weighted by atomic mass is 16.3. The third kappa shape index (κ3) is 3.49. The number of phenolic OH excluding ortho intramolecular Hbond substituents is 1. The first-order valence-electron chi connectivity index (χ1n) is 5.56. The van der Waals surface area contributed by atoms with Crippen LogP contribution < -0.4 is 0 Å². The summed E-state index contributed by atoms with van der Waals surface area (Å²) in [4.78, 5) is 13.7. The number of hydrogen-bond donors (Lipinski definition) is 1. The Morgan fingerprint density at radius 3 is 2.82 bits per heavy atom. The van der Waals surface area contributed by atoms with Crippen LogP contribution in [0.1, 0.15) is 24.2 Å². The SMILES string of the molecule is CCN(CC(C)C#N)C(=O)c1cccc(O)c1. The molecule has 0 aliphatic carbocycles. The van der Waals surface area contributed by atoms with Gasteiger partial charge in [-0.1, -0.05) is 6.07 Å². The molecule has 0 bridgehead atoms. The van der Waals surface area contributed by atoms with E-state index in [1.165, 1.54) is 12.1 Å². The summed E-state index contributed by atoms with van der Waals surface area (Å²) in [6.45, 7) is 4.59. The van der Waals surface area contributed by atoms with Crippen molar-refractivity contribution in [2.45, 2.75) is 13.8 Å². The average molecular weight is 232 g/mol. The molecule has 0 aliphatic rings. The van der Waals surface area contributed by atoms with E-state index in [2.05, 4.69) is 6.07 Å². The van der Waals surface area contributed by atoms with Gasteiger partial charge < -0.3 is 10.0 Å². The lowest BCUT2D eigenvalue weighted by Crippen LogP contribution is -2.34. The Labute approximate surface area is 101 Å². The third-order valence-electron chi connectivity index (χ3n) is 2.48. The molecule has 4 heteroatoms. The highest BCUT2D eigenvalue weighted by molar-refractivity contribution is 5.94. The summed E-state index contributed by atoms with van der Waals surface area (Å²) in [7, 11) is 0. The van der Waals surface area contributed by atoms with Crippen molar-refractivity contribution in [1.82, 2.24) is 4.90 Å². The Bertz CT molecular complexity index is 437. The minimum absolute atomic E-state index is 0.0697. The van der Waals surface area contributed by atoms with Gasteiger partial charge in [0.15, 0.2) is 0 Å². The highest BCUT2D eigenvalue weighted by Crippen LogP contribution is 2.13. The second kappa shape index (κ2) is 5.90. The summed E-state index contributed by atoms with van der Waals surface area (Å²) < 4.78 is 0. The summed E-state index contributed by atoms with van der Waals surface area (Å²) >= 11 is 0. The number of carbonyl (C=O) groups excluding carboxylic acids is 1. The first kappa shape index (κ1) is 13.0. The molecular weight excluding hydrogens is 216 g/mol. The maximum atomic E-state index is 12.1. The topological polar surface area (TPSA) is 64.3 Å². The molecule has 0 aliphatic heterocycles. The standard InChI is InChI=1S/C13H16N2O2/c1-3-15(9-10(2)8-14)13(17)11-5-4-6-12(16)7-11/h4-7,10,16H,3,9H2,1-2H3. The number of hydrogen-bond acceptors (Lipinski definition) is 3. The first-order valence-corrected chi connectivity index (χ1v) is 5.56. The van der Waals surface area contributed by atoms with Crippen molar-refractivity contribution in [2.75, 3.05) is 13.1 Å². The van der Waals surface area contributed by atoms with Gasteiger partial charge in [-0.05, 0) is 32.0 Å². The van der Waals surface area contributed by atoms with E-state index >= 15 is 0 Å². The fourth-order valence-corrected chi connectivity index (χ4v) is 1.55. The number of nitriles is 1. The molecule has 1 amide bonds. The van der Waals surface area contributed by atoms with Crippen molar-refractivity contribution in [3.63, 3.8) is 0 Å². The molecule has 0 aromatic heterocycles. The number of rotatable bonds is 4. The highest BCUT2D eigenvalue weighted by Gasteiger charge is 2.16. The van der Waals surface area contributed by atoms with E-state index in [0.29, 0.717) is 18.7 Å². The van der Waals surface area contributed by atoms with Gasteiger partial charge in [0.1, 0.15) is 5.75 Å². The Morgan fingerprint density at radius 2 is 2.29 bits per heavy atom. The number of benzene rings is 1. The van der Waals surface area contributed by atoms with Crippen LogP contribution >= 0.6 is 0 Å². The normalized spacial score (nSPS) is 11.6. The number of nitrogens with zero attached hydrogens (tertiary/aromatic N) is 2. The zero-order valence-corrected chi connectivity index (χ0v) is 10.1. The molecule has 1 unspecified atom stereocenters. The van der Waals surface area contributed by atoms with Crippen LogP contribution in [-0.2, 0) is 0 Å². The Morgan fingerprint density at radius 1 is 1.59 bits per heavy atom. The van der Waals surface area contributed by atoms with E-state index in [1.54, 1.807) is 24.0 Å². The molecule has 1 aromatic carbocycles. The molecule has 0 fully saturated rings. The van der Waals surface area contributed by atoms with Crippen molar-refractivity contribution < 1.29 is 9.90 Å².